The molecule has 21 heavy (non-hydrogen) atoms. The maximum Gasteiger partial charge on any atom is 0.0571 e. The van der Waals surface area contributed by atoms with Crippen LogP contribution < -0.4 is 5.32 Å². The van der Waals surface area contributed by atoms with Crippen LogP contribution in [0.4, 0.5) is 0 Å². The van der Waals surface area contributed by atoms with Crippen molar-refractivity contribution in [3.63, 3.8) is 0 Å². The normalized spacial score (nSPS) is 26.6. The van der Waals surface area contributed by atoms with Gasteiger partial charge in [-0.25, -0.2) is 0 Å². The van der Waals surface area contributed by atoms with E-state index in [2.05, 4.69) is 53.8 Å². The fraction of sp³-hybridized carbons (Fsp3) is 0.333. The SMILES string of the molecule is ClC1Cc2ccccc2C1NCC1CSc2ccccc21. The van der Waals surface area contributed by atoms with Crippen molar-refractivity contribution in [2.24, 2.45) is 0 Å². The minimum absolute atomic E-state index is 0.173. The number of fused-ring (bicyclic) bond motifs is 2. The second kappa shape index (κ2) is 5.68. The Labute approximate surface area is 135 Å². The predicted molar refractivity (Wildman–Crippen MR) is 90.4 cm³/mol. The molecule has 0 aromatic heterocycles. The third-order valence-electron chi connectivity index (χ3n) is 4.55. The highest BCUT2D eigenvalue weighted by atomic mass is 35.5. The van der Waals surface area contributed by atoms with Gasteiger partial charge in [-0.15, -0.1) is 23.4 Å². The molecule has 0 saturated carbocycles. The van der Waals surface area contributed by atoms with Gasteiger partial charge in [0.25, 0.3) is 0 Å². The topological polar surface area (TPSA) is 12.0 Å². The molecule has 1 N–H and O–H groups in total. The summed E-state index contributed by atoms with van der Waals surface area (Å²) in [5.41, 5.74) is 4.28. The first kappa shape index (κ1) is 13.7. The Hall–Kier alpha value is -0.960. The minimum Gasteiger partial charge on any atom is -0.308 e. The monoisotopic (exact) mass is 315 g/mol. The molecule has 0 fully saturated rings. The predicted octanol–water partition coefficient (Wildman–Crippen LogP) is 4.37. The van der Waals surface area contributed by atoms with Gasteiger partial charge < -0.3 is 5.32 Å². The first-order valence-corrected chi connectivity index (χ1v) is 8.92. The zero-order chi connectivity index (χ0) is 14.2. The van der Waals surface area contributed by atoms with E-state index in [1.807, 2.05) is 11.8 Å². The third kappa shape index (κ3) is 2.50. The number of halogens is 1. The van der Waals surface area contributed by atoms with Gasteiger partial charge in [-0.1, -0.05) is 42.5 Å². The highest BCUT2D eigenvalue weighted by Gasteiger charge is 2.31. The standard InChI is InChI=1S/C18H18ClNS/c19-16-9-12-5-1-2-7-15(12)18(16)20-10-13-11-21-17-8-4-3-6-14(13)17/h1-8,13,16,18,20H,9-11H2. The number of alkyl halides is 1. The molecule has 3 unspecified atom stereocenters. The summed E-state index contributed by atoms with van der Waals surface area (Å²) >= 11 is 8.53. The van der Waals surface area contributed by atoms with Crippen LogP contribution in [0, 0.1) is 0 Å². The molecule has 2 aromatic rings. The lowest BCUT2D eigenvalue weighted by Crippen LogP contribution is -2.30. The molecule has 0 saturated heterocycles. The van der Waals surface area contributed by atoms with E-state index in [0.29, 0.717) is 12.0 Å². The molecule has 3 heteroatoms. The van der Waals surface area contributed by atoms with Gasteiger partial charge in [0.15, 0.2) is 0 Å². The van der Waals surface area contributed by atoms with Crippen molar-refractivity contribution in [2.45, 2.75) is 28.7 Å². The lowest BCUT2D eigenvalue weighted by Gasteiger charge is -2.20. The van der Waals surface area contributed by atoms with Crippen LogP contribution in [0.5, 0.6) is 0 Å². The van der Waals surface area contributed by atoms with E-state index in [-0.39, 0.29) is 5.38 Å². The van der Waals surface area contributed by atoms with Gasteiger partial charge in [0, 0.05) is 29.2 Å². The van der Waals surface area contributed by atoms with Gasteiger partial charge in [0.2, 0.25) is 0 Å². The van der Waals surface area contributed by atoms with Crippen molar-refractivity contribution in [3.8, 4) is 0 Å². The van der Waals surface area contributed by atoms with Crippen LogP contribution in [0.1, 0.15) is 28.7 Å². The van der Waals surface area contributed by atoms with E-state index in [0.717, 1.165) is 13.0 Å². The summed E-state index contributed by atoms with van der Waals surface area (Å²) in [5.74, 6) is 1.77. The molecule has 0 bridgehead atoms. The largest absolute Gasteiger partial charge is 0.308 e. The number of nitrogens with one attached hydrogen (secondary N) is 1. The van der Waals surface area contributed by atoms with E-state index < -0.39 is 0 Å². The molecule has 0 amide bonds. The van der Waals surface area contributed by atoms with Gasteiger partial charge in [-0.05, 0) is 29.2 Å². The van der Waals surface area contributed by atoms with Crippen molar-refractivity contribution >= 4 is 23.4 Å². The number of hydrogen-bond donors (Lipinski definition) is 1. The maximum absolute atomic E-state index is 6.56. The molecule has 1 heterocycles. The first-order chi connectivity index (χ1) is 10.3. The quantitative estimate of drug-likeness (QED) is 0.844. The van der Waals surface area contributed by atoms with Crippen LogP contribution in [0.15, 0.2) is 53.4 Å². The lowest BCUT2D eigenvalue weighted by molar-refractivity contribution is 0.512. The van der Waals surface area contributed by atoms with E-state index in [1.54, 1.807) is 0 Å². The molecule has 2 aromatic carbocycles. The zero-order valence-corrected chi connectivity index (χ0v) is 13.3. The molecule has 1 nitrogen and oxygen atoms in total. The van der Waals surface area contributed by atoms with Crippen LogP contribution >= 0.6 is 23.4 Å². The number of hydrogen-bond acceptors (Lipinski definition) is 2. The second-order valence-corrected chi connectivity index (χ2v) is 7.47. The second-order valence-electron chi connectivity index (χ2n) is 5.85. The number of rotatable bonds is 3. The zero-order valence-electron chi connectivity index (χ0n) is 11.8. The fourth-order valence-corrected chi connectivity index (χ4v) is 5.10. The van der Waals surface area contributed by atoms with Crippen LogP contribution in [0.2, 0.25) is 0 Å². The molecule has 3 atom stereocenters. The van der Waals surface area contributed by atoms with Gasteiger partial charge >= 0.3 is 0 Å². The summed E-state index contributed by atoms with van der Waals surface area (Å²) in [6.45, 7) is 1.01. The van der Waals surface area contributed by atoms with Crippen molar-refractivity contribution in [1.82, 2.24) is 5.32 Å². The summed E-state index contributed by atoms with van der Waals surface area (Å²) < 4.78 is 0. The number of thioether (sulfide) groups is 1. The van der Waals surface area contributed by atoms with Crippen molar-refractivity contribution < 1.29 is 0 Å². The highest BCUT2D eigenvalue weighted by Crippen LogP contribution is 2.40. The van der Waals surface area contributed by atoms with Crippen LogP contribution in [0.25, 0.3) is 0 Å². The molecule has 1 aliphatic heterocycles. The Balaban J connectivity index is 1.49. The molecular formula is C18H18ClNS. The van der Waals surface area contributed by atoms with Crippen LogP contribution in [-0.4, -0.2) is 17.7 Å². The third-order valence-corrected chi connectivity index (χ3v) is 6.21. The van der Waals surface area contributed by atoms with E-state index in [4.69, 9.17) is 11.6 Å². The van der Waals surface area contributed by atoms with Gasteiger partial charge in [-0.3, -0.25) is 0 Å². The lowest BCUT2D eigenvalue weighted by atomic mass is 10.0. The number of benzene rings is 2. The van der Waals surface area contributed by atoms with Crippen molar-refractivity contribution in [1.29, 1.82) is 0 Å². The van der Waals surface area contributed by atoms with Crippen molar-refractivity contribution in [3.05, 3.63) is 65.2 Å². The van der Waals surface area contributed by atoms with E-state index in [1.165, 1.54) is 27.3 Å². The Morgan fingerprint density at radius 3 is 2.71 bits per heavy atom. The average molecular weight is 316 g/mol. The highest BCUT2D eigenvalue weighted by molar-refractivity contribution is 7.99. The molecule has 0 radical (unpaired) electrons. The summed E-state index contributed by atoms with van der Waals surface area (Å²) in [5, 5.41) is 3.90. The first-order valence-electron chi connectivity index (χ1n) is 7.50. The molecule has 1 aliphatic carbocycles. The summed E-state index contributed by atoms with van der Waals surface area (Å²) in [7, 11) is 0. The average Bonchev–Trinajstić information content (AvgIpc) is 3.06. The van der Waals surface area contributed by atoms with E-state index in [9.17, 15) is 0 Å². The Bertz CT molecular complexity index is 657. The Morgan fingerprint density at radius 1 is 1.05 bits per heavy atom. The summed E-state index contributed by atoms with van der Waals surface area (Å²) in [6.07, 6.45) is 0.978. The van der Waals surface area contributed by atoms with Crippen LogP contribution in [0.3, 0.4) is 0 Å². The summed E-state index contributed by atoms with van der Waals surface area (Å²) in [6, 6.07) is 17.7. The molecule has 108 valence electrons. The molecule has 2 aliphatic rings. The Morgan fingerprint density at radius 2 is 1.81 bits per heavy atom. The molecular weight excluding hydrogens is 298 g/mol. The maximum atomic E-state index is 6.56. The Kier molecular flexibility index (Phi) is 3.70. The van der Waals surface area contributed by atoms with Gasteiger partial charge in [0.1, 0.15) is 0 Å². The molecule has 4 rings (SSSR count). The summed E-state index contributed by atoms with van der Waals surface area (Å²) in [4.78, 5) is 1.44. The van der Waals surface area contributed by atoms with Gasteiger partial charge in [0.05, 0.1) is 5.38 Å². The smallest absolute Gasteiger partial charge is 0.0571 e. The fourth-order valence-electron chi connectivity index (χ4n) is 3.45. The van der Waals surface area contributed by atoms with Crippen molar-refractivity contribution in [2.75, 3.05) is 12.3 Å². The minimum atomic E-state index is 0.173. The molecule has 0 spiro atoms. The van der Waals surface area contributed by atoms with Crippen LogP contribution in [-0.2, 0) is 6.42 Å². The van der Waals surface area contributed by atoms with E-state index >= 15 is 0 Å². The van der Waals surface area contributed by atoms with Gasteiger partial charge in [-0.2, -0.15) is 0 Å².